The summed E-state index contributed by atoms with van der Waals surface area (Å²) in [5.41, 5.74) is 0.170. The molecule has 0 fully saturated rings. The smallest absolute Gasteiger partial charge is 0.339 e. The van der Waals surface area contributed by atoms with Gasteiger partial charge in [0, 0.05) is 12.3 Å². The second kappa shape index (κ2) is 4.25. The van der Waals surface area contributed by atoms with Crippen LogP contribution in [0.2, 0.25) is 0 Å². The fourth-order valence-electron chi connectivity index (χ4n) is 1.40. The van der Waals surface area contributed by atoms with E-state index in [9.17, 15) is 13.2 Å². The third-order valence-corrected chi connectivity index (χ3v) is 2.81. The standard InChI is InChI=1S/C9H14N2O4S/c1-6(2)11-8(5-16(3,14)15)7(4-10-11)9(12)13/h4,6H,5H2,1-3H3,(H,12,13). The number of carbonyl (C=O) groups is 1. The molecule has 0 spiro atoms. The van der Waals surface area contributed by atoms with Crippen LogP contribution in [0.3, 0.4) is 0 Å². The molecule has 0 aliphatic heterocycles. The van der Waals surface area contributed by atoms with Crippen molar-refractivity contribution in [3.8, 4) is 0 Å². The van der Waals surface area contributed by atoms with Gasteiger partial charge in [0.15, 0.2) is 9.84 Å². The summed E-state index contributed by atoms with van der Waals surface area (Å²) in [4.78, 5) is 10.9. The number of hydrogen-bond acceptors (Lipinski definition) is 4. The minimum Gasteiger partial charge on any atom is -0.478 e. The van der Waals surface area contributed by atoms with Gasteiger partial charge in [0.1, 0.15) is 5.56 Å². The van der Waals surface area contributed by atoms with Crippen LogP contribution in [0.25, 0.3) is 0 Å². The molecule has 0 saturated heterocycles. The van der Waals surface area contributed by atoms with Crippen LogP contribution in [0.4, 0.5) is 0 Å². The predicted molar refractivity (Wildman–Crippen MR) is 58.1 cm³/mol. The summed E-state index contributed by atoms with van der Waals surface area (Å²) in [5, 5.41) is 12.8. The monoisotopic (exact) mass is 246 g/mol. The Kier molecular flexibility index (Phi) is 3.37. The topological polar surface area (TPSA) is 89.3 Å². The van der Waals surface area contributed by atoms with Crippen LogP contribution in [0, 0.1) is 0 Å². The SMILES string of the molecule is CC(C)n1ncc(C(=O)O)c1CS(C)(=O)=O. The summed E-state index contributed by atoms with van der Waals surface area (Å²) in [7, 11) is -3.28. The van der Waals surface area contributed by atoms with E-state index in [0.717, 1.165) is 6.26 Å². The summed E-state index contributed by atoms with van der Waals surface area (Å²) in [5.74, 6) is -1.47. The number of rotatable bonds is 4. The Morgan fingerprint density at radius 3 is 2.50 bits per heavy atom. The predicted octanol–water partition coefficient (Wildman–Crippen LogP) is 0.707. The van der Waals surface area contributed by atoms with E-state index < -0.39 is 15.8 Å². The maximum Gasteiger partial charge on any atom is 0.339 e. The lowest BCUT2D eigenvalue weighted by Crippen LogP contribution is -2.14. The highest BCUT2D eigenvalue weighted by atomic mass is 32.2. The molecule has 1 aromatic heterocycles. The summed E-state index contributed by atoms with van der Waals surface area (Å²) in [6.07, 6.45) is 2.25. The van der Waals surface area contributed by atoms with E-state index in [1.54, 1.807) is 0 Å². The third-order valence-electron chi connectivity index (χ3n) is 2.02. The van der Waals surface area contributed by atoms with Crippen molar-refractivity contribution in [2.24, 2.45) is 0 Å². The van der Waals surface area contributed by atoms with Crippen LogP contribution in [0.15, 0.2) is 6.20 Å². The Balaban J connectivity index is 3.30. The number of sulfone groups is 1. The molecule has 1 aromatic rings. The Hall–Kier alpha value is -1.37. The molecular formula is C9H14N2O4S. The van der Waals surface area contributed by atoms with E-state index >= 15 is 0 Å². The van der Waals surface area contributed by atoms with Crippen molar-refractivity contribution in [3.05, 3.63) is 17.5 Å². The van der Waals surface area contributed by atoms with Gasteiger partial charge in [-0.25, -0.2) is 13.2 Å². The van der Waals surface area contributed by atoms with E-state index in [1.807, 2.05) is 13.8 Å². The molecule has 0 atom stereocenters. The third kappa shape index (κ3) is 2.82. The van der Waals surface area contributed by atoms with Gasteiger partial charge < -0.3 is 5.11 Å². The highest BCUT2D eigenvalue weighted by Crippen LogP contribution is 2.16. The molecule has 6 nitrogen and oxygen atoms in total. The molecule has 0 aromatic carbocycles. The Bertz CT molecular complexity index is 502. The maximum absolute atomic E-state index is 11.2. The molecule has 1 heterocycles. The number of aromatic carboxylic acids is 1. The highest BCUT2D eigenvalue weighted by Gasteiger charge is 2.21. The van der Waals surface area contributed by atoms with Gasteiger partial charge in [0.25, 0.3) is 0 Å². The molecule has 90 valence electrons. The molecule has 0 amide bonds. The van der Waals surface area contributed by atoms with Crippen molar-refractivity contribution in [2.45, 2.75) is 25.6 Å². The summed E-state index contributed by atoms with van der Waals surface area (Å²) < 4.78 is 23.8. The van der Waals surface area contributed by atoms with Crippen molar-refractivity contribution in [2.75, 3.05) is 6.26 Å². The number of aromatic nitrogens is 2. The van der Waals surface area contributed by atoms with Gasteiger partial charge in [-0.1, -0.05) is 0 Å². The largest absolute Gasteiger partial charge is 0.478 e. The van der Waals surface area contributed by atoms with Gasteiger partial charge >= 0.3 is 5.97 Å². The van der Waals surface area contributed by atoms with Crippen LogP contribution in [-0.4, -0.2) is 35.5 Å². The Labute approximate surface area is 93.8 Å². The lowest BCUT2D eigenvalue weighted by molar-refractivity contribution is 0.0696. The normalized spacial score (nSPS) is 12.0. The average Bonchev–Trinajstić information content (AvgIpc) is 2.44. The number of carboxylic acids is 1. The van der Waals surface area contributed by atoms with Gasteiger partial charge in [0.05, 0.1) is 17.6 Å². The number of hydrogen-bond donors (Lipinski definition) is 1. The molecule has 1 rings (SSSR count). The van der Waals surface area contributed by atoms with Crippen molar-refractivity contribution in [1.29, 1.82) is 0 Å². The van der Waals surface area contributed by atoms with Crippen molar-refractivity contribution >= 4 is 15.8 Å². The minimum atomic E-state index is -3.28. The van der Waals surface area contributed by atoms with Gasteiger partial charge in [-0.05, 0) is 13.8 Å². The van der Waals surface area contributed by atoms with Crippen LogP contribution in [0.5, 0.6) is 0 Å². The quantitative estimate of drug-likeness (QED) is 0.845. The number of nitrogens with zero attached hydrogens (tertiary/aromatic N) is 2. The molecular weight excluding hydrogens is 232 g/mol. The number of carboxylic acid groups (broad SMARTS) is 1. The van der Waals surface area contributed by atoms with Gasteiger partial charge in [-0.2, -0.15) is 5.10 Å². The molecule has 0 aliphatic rings. The lowest BCUT2D eigenvalue weighted by Gasteiger charge is -2.10. The van der Waals surface area contributed by atoms with Crippen LogP contribution in [-0.2, 0) is 15.6 Å². The molecule has 0 bridgehead atoms. The van der Waals surface area contributed by atoms with Crippen LogP contribution >= 0.6 is 0 Å². The van der Waals surface area contributed by atoms with Gasteiger partial charge in [-0.15, -0.1) is 0 Å². The second-order valence-electron chi connectivity index (χ2n) is 3.92. The first-order valence-corrected chi connectivity index (χ1v) is 6.76. The molecule has 7 heteroatoms. The molecule has 0 unspecified atom stereocenters. The Morgan fingerprint density at radius 1 is 1.56 bits per heavy atom. The second-order valence-corrected chi connectivity index (χ2v) is 6.06. The first-order valence-electron chi connectivity index (χ1n) is 4.69. The Morgan fingerprint density at radius 2 is 2.12 bits per heavy atom. The molecule has 0 aliphatic carbocycles. The van der Waals surface area contributed by atoms with Crippen molar-refractivity contribution < 1.29 is 18.3 Å². The molecule has 0 radical (unpaired) electrons. The minimum absolute atomic E-state index is 0.0564. The van der Waals surface area contributed by atoms with Crippen molar-refractivity contribution in [1.82, 2.24) is 9.78 Å². The summed E-state index contributed by atoms with van der Waals surface area (Å²) in [6.45, 7) is 3.62. The fourth-order valence-corrected chi connectivity index (χ4v) is 2.19. The maximum atomic E-state index is 11.2. The van der Waals surface area contributed by atoms with E-state index in [1.165, 1.54) is 10.9 Å². The molecule has 1 N–H and O–H groups in total. The zero-order valence-electron chi connectivity index (χ0n) is 9.34. The zero-order valence-corrected chi connectivity index (χ0v) is 10.2. The zero-order chi connectivity index (χ0) is 12.5. The van der Waals surface area contributed by atoms with E-state index in [4.69, 9.17) is 5.11 Å². The average molecular weight is 246 g/mol. The summed E-state index contributed by atoms with van der Waals surface area (Å²) in [6, 6.07) is -0.0788. The first-order chi connectivity index (χ1) is 7.22. The van der Waals surface area contributed by atoms with E-state index in [0.29, 0.717) is 0 Å². The van der Waals surface area contributed by atoms with Crippen molar-refractivity contribution in [3.63, 3.8) is 0 Å². The summed E-state index contributed by atoms with van der Waals surface area (Å²) >= 11 is 0. The van der Waals surface area contributed by atoms with E-state index in [2.05, 4.69) is 5.10 Å². The molecule has 16 heavy (non-hydrogen) atoms. The highest BCUT2D eigenvalue weighted by molar-refractivity contribution is 7.89. The lowest BCUT2D eigenvalue weighted by atomic mass is 10.2. The van der Waals surface area contributed by atoms with Crippen LogP contribution in [0.1, 0.15) is 35.9 Å². The molecule has 0 saturated carbocycles. The van der Waals surface area contributed by atoms with Gasteiger partial charge in [0.2, 0.25) is 0 Å². The van der Waals surface area contributed by atoms with E-state index in [-0.39, 0.29) is 23.1 Å². The first kappa shape index (κ1) is 12.7. The van der Waals surface area contributed by atoms with Crippen LogP contribution < -0.4 is 0 Å². The van der Waals surface area contributed by atoms with Gasteiger partial charge in [-0.3, -0.25) is 4.68 Å². The fraction of sp³-hybridized carbons (Fsp3) is 0.556.